The lowest BCUT2D eigenvalue weighted by atomic mass is 10.0. The summed E-state index contributed by atoms with van der Waals surface area (Å²) >= 11 is 0. The summed E-state index contributed by atoms with van der Waals surface area (Å²) in [6.45, 7) is 1.87. The minimum Gasteiger partial charge on any atom is -0.461 e. The number of aromatic nitrogens is 2. The van der Waals surface area contributed by atoms with Crippen LogP contribution in [0.4, 0.5) is 8.78 Å². The fourth-order valence-corrected chi connectivity index (χ4v) is 2.03. The molecule has 1 aliphatic rings. The van der Waals surface area contributed by atoms with Crippen LogP contribution in [0.25, 0.3) is 0 Å². The molecule has 0 amide bonds. The van der Waals surface area contributed by atoms with Crippen molar-refractivity contribution in [2.75, 3.05) is 6.61 Å². The van der Waals surface area contributed by atoms with Crippen LogP contribution in [-0.2, 0) is 11.2 Å². The van der Waals surface area contributed by atoms with Gasteiger partial charge < -0.3 is 4.74 Å². The molecular formula is C10H12F2N2O2. The first kappa shape index (κ1) is 11.0. The van der Waals surface area contributed by atoms with E-state index in [0.717, 1.165) is 0 Å². The average molecular weight is 230 g/mol. The highest BCUT2D eigenvalue weighted by atomic mass is 19.3. The molecule has 2 rings (SSSR count). The van der Waals surface area contributed by atoms with Crippen molar-refractivity contribution in [2.24, 2.45) is 0 Å². The topological polar surface area (TPSA) is 55.0 Å². The number of nitrogens with one attached hydrogen (secondary N) is 1. The summed E-state index contributed by atoms with van der Waals surface area (Å²) in [6, 6.07) is 0. The molecule has 1 aromatic rings. The van der Waals surface area contributed by atoms with E-state index in [-0.39, 0.29) is 12.3 Å². The molecule has 0 radical (unpaired) electrons. The van der Waals surface area contributed by atoms with E-state index in [9.17, 15) is 13.6 Å². The maximum atomic E-state index is 12.7. The third-order valence-electron chi connectivity index (χ3n) is 2.73. The molecule has 1 N–H and O–H groups in total. The number of H-pyrrole nitrogens is 1. The highest BCUT2D eigenvalue weighted by Gasteiger charge is 2.36. The molecule has 1 atom stereocenters. The zero-order chi connectivity index (χ0) is 11.7. The van der Waals surface area contributed by atoms with Gasteiger partial charge in [0.1, 0.15) is 0 Å². The second-order valence-electron chi connectivity index (χ2n) is 3.66. The van der Waals surface area contributed by atoms with Gasteiger partial charge in [0.05, 0.1) is 6.61 Å². The summed E-state index contributed by atoms with van der Waals surface area (Å²) in [5.74, 6) is -1.53. The largest absolute Gasteiger partial charge is 0.461 e. The van der Waals surface area contributed by atoms with Crippen LogP contribution in [0.15, 0.2) is 0 Å². The summed E-state index contributed by atoms with van der Waals surface area (Å²) in [5.41, 5.74) is 0.987. The van der Waals surface area contributed by atoms with E-state index in [0.29, 0.717) is 24.1 Å². The lowest BCUT2D eigenvalue weighted by Crippen LogP contribution is -2.13. The summed E-state index contributed by atoms with van der Waals surface area (Å²) in [6.07, 6.45) is -1.60. The Kier molecular flexibility index (Phi) is 2.89. The number of hydrogen-bond donors (Lipinski definition) is 1. The number of esters is 1. The minimum absolute atomic E-state index is 0.0136. The maximum absolute atomic E-state index is 12.7. The molecule has 0 fully saturated rings. The van der Waals surface area contributed by atoms with Crippen LogP contribution in [0.1, 0.15) is 41.0 Å². The van der Waals surface area contributed by atoms with Gasteiger partial charge in [0.15, 0.2) is 5.69 Å². The molecule has 0 aromatic carbocycles. The molecule has 0 saturated heterocycles. The van der Waals surface area contributed by atoms with Gasteiger partial charge in [-0.2, -0.15) is 5.10 Å². The highest BCUT2D eigenvalue weighted by Crippen LogP contribution is 2.38. The van der Waals surface area contributed by atoms with Crippen LogP contribution in [0, 0.1) is 0 Å². The van der Waals surface area contributed by atoms with Crippen LogP contribution in [0.2, 0.25) is 0 Å². The predicted octanol–water partition coefficient (Wildman–Crippen LogP) is 1.88. The molecule has 0 aliphatic heterocycles. The predicted molar refractivity (Wildman–Crippen MR) is 51.6 cm³/mol. The van der Waals surface area contributed by atoms with Gasteiger partial charge in [0.25, 0.3) is 0 Å². The number of ether oxygens (including phenoxy) is 1. The van der Waals surface area contributed by atoms with Crippen molar-refractivity contribution < 1.29 is 18.3 Å². The summed E-state index contributed by atoms with van der Waals surface area (Å²) in [7, 11) is 0. The SMILES string of the molecule is CCOC(=O)c1n[nH]c2c1C(C(F)F)CC2. The molecule has 0 spiro atoms. The number of rotatable bonds is 3. The van der Waals surface area contributed by atoms with Crippen LogP contribution in [-0.4, -0.2) is 29.2 Å². The number of carbonyl (C=O) groups excluding carboxylic acids is 1. The van der Waals surface area contributed by atoms with Gasteiger partial charge in [-0.3, -0.25) is 5.10 Å². The number of fused-ring (bicyclic) bond motifs is 1. The van der Waals surface area contributed by atoms with E-state index < -0.39 is 18.3 Å². The lowest BCUT2D eigenvalue weighted by Gasteiger charge is -2.09. The van der Waals surface area contributed by atoms with Crippen molar-refractivity contribution in [3.63, 3.8) is 0 Å². The van der Waals surface area contributed by atoms with E-state index in [1.54, 1.807) is 6.92 Å². The molecular weight excluding hydrogens is 218 g/mol. The van der Waals surface area contributed by atoms with Crippen LogP contribution < -0.4 is 0 Å². The van der Waals surface area contributed by atoms with Crippen LogP contribution in [0.5, 0.6) is 0 Å². The van der Waals surface area contributed by atoms with E-state index in [1.807, 2.05) is 0 Å². The minimum atomic E-state index is -2.47. The van der Waals surface area contributed by atoms with Crippen molar-refractivity contribution in [3.05, 3.63) is 17.0 Å². The van der Waals surface area contributed by atoms with Gasteiger partial charge in [-0.15, -0.1) is 0 Å². The van der Waals surface area contributed by atoms with Crippen LogP contribution >= 0.6 is 0 Å². The number of aryl methyl sites for hydroxylation is 1. The normalized spacial score (nSPS) is 18.9. The van der Waals surface area contributed by atoms with Gasteiger partial charge in [-0.1, -0.05) is 0 Å². The standard InChI is InChI=1S/C10H12F2N2O2/c1-2-16-10(15)8-7-5(9(11)12)3-4-6(7)13-14-8/h5,9H,2-4H2,1H3,(H,13,14). The number of aromatic amines is 1. The van der Waals surface area contributed by atoms with Crippen molar-refractivity contribution in [3.8, 4) is 0 Å². The quantitative estimate of drug-likeness (QED) is 0.806. The van der Waals surface area contributed by atoms with E-state index in [1.165, 1.54) is 0 Å². The highest BCUT2D eigenvalue weighted by molar-refractivity contribution is 5.89. The number of halogens is 2. The smallest absolute Gasteiger partial charge is 0.359 e. The molecule has 1 unspecified atom stereocenters. The second kappa shape index (κ2) is 4.19. The Morgan fingerprint density at radius 1 is 1.69 bits per heavy atom. The maximum Gasteiger partial charge on any atom is 0.359 e. The molecule has 16 heavy (non-hydrogen) atoms. The zero-order valence-electron chi connectivity index (χ0n) is 8.80. The number of carbonyl (C=O) groups is 1. The summed E-state index contributed by atoms with van der Waals surface area (Å²) in [4.78, 5) is 11.5. The van der Waals surface area contributed by atoms with E-state index >= 15 is 0 Å². The van der Waals surface area contributed by atoms with Crippen LogP contribution in [0.3, 0.4) is 0 Å². The molecule has 4 nitrogen and oxygen atoms in total. The van der Waals surface area contributed by atoms with Crippen molar-refractivity contribution in [2.45, 2.75) is 32.1 Å². The fourth-order valence-electron chi connectivity index (χ4n) is 2.03. The van der Waals surface area contributed by atoms with Gasteiger partial charge in [-0.05, 0) is 19.8 Å². The van der Waals surface area contributed by atoms with Gasteiger partial charge >= 0.3 is 5.97 Å². The monoisotopic (exact) mass is 230 g/mol. The zero-order valence-corrected chi connectivity index (χ0v) is 8.80. The molecule has 6 heteroatoms. The summed E-state index contributed by atoms with van der Waals surface area (Å²) in [5, 5.41) is 6.38. The van der Waals surface area contributed by atoms with Crippen molar-refractivity contribution in [1.82, 2.24) is 10.2 Å². The molecule has 1 aliphatic carbocycles. The van der Waals surface area contributed by atoms with E-state index in [4.69, 9.17) is 4.74 Å². The molecule has 1 aromatic heterocycles. The molecule has 88 valence electrons. The Bertz CT molecular complexity index is 404. The van der Waals surface area contributed by atoms with Gasteiger partial charge in [0, 0.05) is 17.2 Å². The number of alkyl halides is 2. The Labute approximate surface area is 91.0 Å². The summed E-state index contributed by atoms with van der Waals surface area (Å²) < 4.78 is 30.2. The van der Waals surface area contributed by atoms with E-state index in [2.05, 4.69) is 10.2 Å². The third kappa shape index (κ3) is 1.68. The third-order valence-corrected chi connectivity index (χ3v) is 2.73. The average Bonchev–Trinajstić information content (AvgIpc) is 2.76. The lowest BCUT2D eigenvalue weighted by molar-refractivity contribution is 0.0514. The Morgan fingerprint density at radius 2 is 2.44 bits per heavy atom. The first-order valence-corrected chi connectivity index (χ1v) is 5.17. The Morgan fingerprint density at radius 3 is 3.06 bits per heavy atom. The van der Waals surface area contributed by atoms with Crippen molar-refractivity contribution >= 4 is 5.97 Å². The second-order valence-corrected chi connectivity index (χ2v) is 3.66. The Hall–Kier alpha value is -1.46. The first-order valence-electron chi connectivity index (χ1n) is 5.17. The fraction of sp³-hybridized carbons (Fsp3) is 0.600. The molecule has 0 bridgehead atoms. The van der Waals surface area contributed by atoms with Gasteiger partial charge in [0.2, 0.25) is 6.43 Å². The van der Waals surface area contributed by atoms with Crippen molar-refractivity contribution in [1.29, 1.82) is 0 Å². The Balaban J connectivity index is 2.32. The number of nitrogens with zero attached hydrogens (tertiary/aromatic N) is 1. The van der Waals surface area contributed by atoms with Gasteiger partial charge in [-0.25, -0.2) is 13.6 Å². The molecule has 1 heterocycles. The first-order chi connectivity index (χ1) is 7.65. The number of hydrogen-bond acceptors (Lipinski definition) is 3. The molecule has 0 saturated carbocycles.